The van der Waals surface area contributed by atoms with Crippen LogP contribution in [-0.2, 0) is 0 Å². The zero-order valence-electron chi connectivity index (χ0n) is 39.7. The Balaban J connectivity index is 1.16. The van der Waals surface area contributed by atoms with E-state index in [1.165, 1.54) is 109 Å². The molecule has 0 amide bonds. The van der Waals surface area contributed by atoms with Gasteiger partial charge in [-0.3, -0.25) is 0 Å². The molecule has 0 saturated carbocycles. The van der Waals surface area contributed by atoms with Crippen molar-refractivity contribution in [1.29, 1.82) is 0 Å². The smallest absolute Gasteiger partial charge is 0.119 e. The second-order valence-corrected chi connectivity index (χ2v) is 18.8. The fourth-order valence-corrected chi connectivity index (χ4v) is 11.6. The Bertz CT molecular complexity index is 3840. The minimum Gasteiger partial charge on any atom is -0.497 e. The van der Waals surface area contributed by atoms with E-state index < -0.39 is 0 Å². The number of methoxy groups -OCH3 is 2. The van der Waals surface area contributed by atoms with Gasteiger partial charge in [0, 0.05) is 33.5 Å². The van der Waals surface area contributed by atoms with E-state index in [9.17, 15) is 0 Å². The number of rotatable bonds is 10. The Labute approximate surface area is 408 Å². The molecule has 0 spiro atoms. The van der Waals surface area contributed by atoms with Gasteiger partial charge in [-0.05, 0) is 169 Å². The van der Waals surface area contributed by atoms with Crippen molar-refractivity contribution < 1.29 is 9.47 Å². The zero-order chi connectivity index (χ0) is 47.0. The molecule has 1 aliphatic rings. The van der Waals surface area contributed by atoms with Crippen LogP contribution >= 0.6 is 0 Å². The van der Waals surface area contributed by atoms with E-state index in [0.717, 1.165) is 35.0 Å². The average molecular weight is 903 g/mol. The lowest BCUT2D eigenvalue weighted by Crippen LogP contribution is -2.30. The first-order valence-electron chi connectivity index (χ1n) is 24.3. The van der Waals surface area contributed by atoms with Crippen molar-refractivity contribution in [2.45, 2.75) is 26.3 Å². The number of anilines is 5. The maximum atomic E-state index is 5.63. The van der Waals surface area contributed by atoms with Gasteiger partial charge in [-0.15, -0.1) is 0 Å². The highest BCUT2D eigenvalue weighted by Crippen LogP contribution is 2.57. The quantitative estimate of drug-likeness (QED) is 0.137. The van der Waals surface area contributed by atoms with Gasteiger partial charge >= 0.3 is 0 Å². The van der Waals surface area contributed by atoms with Crippen molar-refractivity contribution in [1.82, 2.24) is 0 Å². The summed E-state index contributed by atoms with van der Waals surface area (Å²) < 4.78 is 11.3. The van der Waals surface area contributed by atoms with Gasteiger partial charge in [-0.25, -0.2) is 0 Å². The molecule has 70 heavy (non-hydrogen) atoms. The molecule has 0 aliphatic heterocycles. The van der Waals surface area contributed by atoms with Gasteiger partial charge in [-0.1, -0.05) is 151 Å². The van der Waals surface area contributed by atoms with Crippen LogP contribution in [0, 0.1) is 6.92 Å². The SMILES string of the molecule is COc1ccc(N(c2ccc(OC)cc2)c2ccc3c4c(-c5ccccc5)c5c6ccc(N(c7ccc(C)cc7)C7C=CC(C)=CC7)c7cccc(c5c(-c5ccccc5)c4c4cccc2c43)c76)cc1. The zero-order valence-corrected chi connectivity index (χ0v) is 39.7. The minimum absolute atomic E-state index is 0.169. The summed E-state index contributed by atoms with van der Waals surface area (Å²) in [6.45, 7) is 4.36. The first-order valence-corrected chi connectivity index (χ1v) is 24.3. The molecule has 13 rings (SSSR count). The molecule has 1 aliphatic carbocycles. The molecule has 4 nitrogen and oxygen atoms in total. The van der Waals surface area contributed by atoms with Crippen molar-refractivity contribution in [3.63, 3.8) is 0 Å². The van der Waals surface area contributed by atoms with Crippen molar-refractivity contribution in [3.8, 4) is 33.8 Å². The summed E-state index contributed by atoms with van der Waals surface area (Å²) in [5, 5.41) is 15.2. The van der Waals surface area contributed by atoms with Crippen LogP contribution in [0.1, 0.15) is 18.9 Å². The summed E-state index contributed by atoms with van der Waals surface area (Å²) in [6.07, 6.45) is 7.98. The summed E-state index contributed by atoms with van der Waals surface area (Å²) >= 11 is 0. The third-order valence-electron chi connectivity index (χ3n) is 14.8. The van der Waals surface area contributed by atoms with Crippen molar-refractivity contribution in [3.05, 3.63) is 223 Å². The topological polar surface area (TPSA) is 24.9 Å². The van der Waals surface area contributed by atoms with Crippen LogP contribution in [0.5, 0.6) is 11.5 Å². The molecule has 0 aromatic heterocycles. The predicted molar refractivity (Wildman–Crippen MR) is 297 cm³/mol. The lowest BCUT2D eigenvalue weighted by Gasteiger charge is -2.34. The highest BCUT2D eigenvalue weighted by atomic mass is 16.5. The Morgan fingerprint density at radius 2 is 0.843 bits per heavy atom. The Morgan fingerprint density at radius 3 is 1.31 bits per heavy atom. The molecule has 12 aromatic rings. The second kappa shape index (κ2) is 16.6. The molecule has 1 atom stereocenters. The van der Waals surface area contributed by atoms with Crippen molar-refractivity contribution in [2.75, 3.05) is 24.0 Å². The van der Waals surface area contributed by atoms with Crippen LogP contribution in [0.25, 0.3) is 86.9 Å². The maximum absolute atomic E-state index is 5.63. The van der Waals surface area contributed by atoms with Gasteiger partial charge in [0.15, 0.2) is 0 Å². The van der Waals surface area contributed by atoms with E-state index >= 15 is 0 Å². The van der Waals surface area contributed by atoms with Gasteiger partial charge < -0.3 is 19.3 Å². The Hall–Kier alpha value is -8.60. The van der Waals surface area contributed by atoms with Crippen LogP contribution in [0.3, 0.4) is 0 Å². The van der Waals surface area contributed by atoms with Crippen LogP contribution in [0.2, 0.25) is 0 Å². The minimum atomic E-state index is 0.169. The highest BCUT2D eigenvalue weighted by molar-refractivity contribution is 6.47. The monoisotopic (exact) mass is 902 g/mol. The third-order valence-corrected chi connectivity index (χ3v) is 14.8. The summed E-state index contributed by atoms with van der Waals surface area (Å²) in [7, 11) is 3.43. The first kappa shape index (κ1) is 41.6. The van der Waals surface area contributed by atoms with E-state index in [1.807, 2.05) is 24.3 Å². The number of nitrogens with zero attached hydrogens (tertiary/aromatic N) is 2. The van der Waals surface area contributed by atoms with E-state index in [4.69, 9.17) is 9.47 Å². The number of ether oxygens (including phenoxy) is 2. The molecule has 0 heterocycles. The fraction of sp³-hybridized carbons (Fsp3) is 0.0909. The summed E-state index contributed by atoms with van der Waals surface area (Å²) in [5.74, 6) is 1.63. The maximum Gasteiger partial charge on any atom is 0.119 e. The van der Waals surface area contributed by atoms with E-state index in [1.54, 1.807) is 14.2 Å². The number of hydrogen-bond donors (Lipinski definition) is 0. The van der Waals surface area contributed by atoms with Crippen LogP contribution in [-0.4, -0.2) is 20.3 Å². The van der Waals surface area contributed by atoms with E-state index in [2.05, 4.69) is 212 Å². The molecule has 12 aromatic carbocycles. The molecule has 336 valence electrons. The number of allylic oxidation sites excluding steroid dienone is 2. The van der Waals surface area contributed by atoms with E-state index in [-0.39, 0.29) is 6.04 Å². The molecule has 0 bridgehead atoms. The molecule has 0 radical (unpaired) electrons. The lowest BCUT2D eigenvalue weighted by molar-refractivity contribution is 0.415. The van der Waals surface area contributed by atoms with Gasteiger partial charge in [0.25, 0.3) is 0 Å². The second-order valence-electron chi connectivity index (χ2n) is 18.8. The van der Waals surface area contributed by atoms with Gasteiger partial charge in [0.1, 0.15) is 11.5 Å². The molecule has 4 heteroatoms. The fourth-order valence-electron chi connectivity index (χ4n) is 11.6. The molecule has 0 fully saturated rings. The van der Waals surface area contributed by atoms with Crippen molar-refractivity contribution >= 4 is 93.1 Å². The largest absolute Gasteiger partial charge is 0.497 e. The first-order chi connectivity index (χ1) is 34.5. The molecule has 0 N–H and O–H groups in total. The summed E-state index contributed by atoms with van der Waals surface area (Å²) in [4.78, 5) is 4.92. The number of benzene rings is 10. The molecule has 1 unspecified atom stereocenters. The molecular weight excluding hydrogens is 853 g/mol. The van der Waals surface area contributed by atoms with Gasteiger partial charge in [0.2, 0.25) is 0 Å². The third kappa shape index (κ3) is 6.44. The molecular formula is C66H50N2O2. The number of aryl methyl sites for hydroxylation is 1. The average Bonchev–Trinajstić information content (AvgIpc) is 3.93. The lowest BCUT2D eigenvalue weighted by atomic mass is 9.87. The Kier molecular flexibility index (Phi) is 9.84. The van der Waals surface area contributed by atoms with Crippen LogP contribution < -0.4 is 19.3 Å². The number of hydrogen-bond acceptors (Lipinski definition) is 4. The summed E-state index contributed by atoms with van der Waals surface area (Å²) in [5.41, 5.74) is 13.1. The summed E-state index contributed by atoms with van der Waals surface area (Å²) in [6, 6.07) is 71.6. The predicted octanol–water partition coefficient (Wildman–Crippen LogP) is 18.0. The van der Waals surface area contributed by atoms with Crippen LogP contribution in [0.4, 0.5) is 28.4 Å². The Morgan fingerprint density at radius 1 is 0.400 bits per heavy atom. The van der Waals surface area contributed by atoms with Gasteiger partial charge in [-0.2, -0.15) is 0 Å². The van der Waals surface area contributed by atoms with E-state index in [0.29, 0.717) is 0 Å². The van der Waals surface area contributed by atoms with Crippen molar-refractivity contribution in [2.24, 2.45) is 0 Å². The number of fused-ring (bicyclic) bond motifs is 6. The molecule has 0 saturated heterocycles. The van der Waals surface area contributed by atoms with Gasteiger partial charge in [0.05, 0.1) is 25.9 Å². The van der Waals surface area contributed by atoms with Crippen LogP contribution in [0.15, 0.2) is 218 Å². The normalized spacial score (nSPS) is 13.8. The standard InChI is InChI=1S/C66H50N2O2/c1-41-21-25-45(26-22-41)67(46-27-23-42(2)24-28-46)57-39-37-55-61-51(57)17-11-19-53(61)63-59(43-13-7-5-8-14-43)64-54-20-12-18-52-58(40-38-56(62(52)54)66(64)60(65(55)63)44-15-9-6-10-16-44)68(47-29-33-49(69-3)34-30-47)48-31-35-50(70-4)36-32-48/h5-27,29-40,46H,28H2,1-4H3. The highest BCUT2D eigenvalue weighted by Gasteiger charge is 2.30.